The van der Waals surface area contributed by atoms with Gasteiger partial charge in [0.1, 0.15) is 5.82 Å². The Morgan fingerprint density at radius 3 is 2.74 bits per heavy atom. The molecule has 0 atom stereocenters. The molecule has 1 aliphatic rings. The van der Waals surface area contributed by atoms with Crippen molar-refractivity contribution in [2.75, 3.05) is 36.9 Å². The molecule has 0 unspecified atom stereocenters. The third-order valence-corrected chi connectivity index (χ3v) is 4.57. The van der Waals surface area contributed by atoms with Gasteiger partial charge in [0, 0.05) is 31.9 Å². The molecule has 0 bridgehead atoms. The van der Waals surface area contributed by atoms with Crippen LogP contribution in [0.4, 0.5) is 16.6 Å². The maximum atomic E-state index is 11.8. The molecule has 2 aromatic rings. The van der Waals surface area contributed by atoms with Gasteiger partial charge >= 0.3 is 6.09 Å². The Balaban J connectivity index is 1.44. The average molecular weight is 369 g/mol. The van der Waals surface area contributed by atoms with Crippen LogP contribution in [0.25, 0.3) is 0 Å². The van der Waals surface area contributed by atoms with E-state index in [1.54, 1.807) is 11.1 Å². The second-order valence-electron chi connectivity index (χ2n) is 6.53. The van der Waals surface area contributed by atoms with Crippen LogP contribution in [0.2, 0.25) is 0 Å². The van der Waals surface area contributed by atoms with Gasteiger partial charge in [-0.15, -0.1) is 0 Å². The smallest absolute Gasteiger partial charge is 0.409 e. The number of aromatic nitrogens is 2. The summed E-state index contributed by atoms with van der Waals surface area (Å²) in [6, 6.07) is 12.5. The quantitative estimate of drug-likeness (QED) is 0.780. The zero-order valence-electron chi connectivity index (χ0n) is 15.7. The van der Waals surface area contributed by atoms with E-state index in [2.05, 4.69) is 32.7 Å². The molecule has 0 saturated carbocycles. The Morgan fingerprint density at radius 2 is 2.00 bits per heavy atom. The fraction of sp³-hybridized carbons (Fsp3) is 0.450. The van der Waals surface area contributed by atoms with E-state index in [4.69, 9.17) is 4.74 Å². The van der Waals surface area contributed by atoms with E-state index >= 15 is 0 Å². The number of ether oxygens (including phenoxy) is 1. The van der Waals surface area contributed by atoms with Crippen LogP contribution in [0.5, 0.6) is 0 Å². The first kappa shape index (κ1) is 18.9. The van der Waals surface area contributed by atoms with Crippen molar-refractivity contribution in [2.24, 2.45) is 0 Å². The molecule has 2 heterocycles. The predicted octanol–water partition coefficient (Wildman–Crippen LogP) is 3.16. The number of benzene rings is 1. The molecule has 1 aromatic heterocycles. The molecule has 1 amide bonds. The monoisotopic (exact) mass is 369 g/mol. The lowest BCUT2D eigenvalue weighted by atomic mass is 10.1. The minimum absolute atomic E-state index is 0.220. The number of amides is 1. The Bertz CT molecular complexity index is 717. The maximum Gasteiger partial charge on any atom is 0.409 e. The SMILES string of the molecule is CCOC(=O)N1CCC(Nc2ccnc(NCCc3ccccc3)n2)CC1. The van der Waals surface area contributed by atoms with Gasteiger partial charge in [-0.25, -0.2) is 9.78 Å². The summed E-state index contributed by atoms with van der Waals surface area (Å²) >= 11 is 0. The molecule has 2 N–H and O–H groups in total. The minimum atomic E-state index is -0.220. The van der Waals surface area contributed by atoms with Crippen LogP contribution in [-0.4, -0.2) is 53.2 Å². The van der Waals surface area contributed by atoms with Crippen molar-refractivity contribution in [3.63, 3.8) is 0 Å². The van der Waals surface area contributed by atoms with Crippen LogP contribution in [-0.2, 0) is 11.2 Å². The lowest BCUT2D eigenvalue weighted by Crippen LogP contribution is -2.42. The lowest BCUT2D eigenvalue weighted by Gasteiger charge is -2.31. The molecule has 1 fully saturated rings. The summed E-state index contributed by atoms with van der Waals surface area (Å²) in [6.45, 7) is 4.42. The molecule has 1 saturated heterocycles. The molecule has 7 nitrogen and oxygen atoms in total. The number of anilines is 2. The number of piperidine rings is 1. The van der Waals surface area contributed by atoms with Gasteiger partial charge in [-0.1, -0.05) is 30.3 Å². The summed E-state index contributed by atoms with van der Waals surface area (Å²) in [5, 5.41) is 6.73. The first-order chi connectivity index (χ1) is 13.2. The standard InChI is InChI=1S/C20H27N5O2/c1-2-27-20(26)25-14-10-17(11-15-25)23-18-9-13-22-19(24-18)21-12-8-16-6-4-3-5-7-16/h3-7,9,13,17H,2,8,10-12,14-15H2,1H3,(H2,21,22,23,24). The molecular formula is C20H27N5O2. The molecule has 3 rings (SSSR count). The van der Waals surface area contributed by atoms with E-state index < -0.39 is 0 Å². The van der Waals surface area contributed by atoms with Crippen molar-refractivity contribution in [3.05, 3.63) is 48.2 Å². The van der Waals surface area contributed by atoms with Gasteiger partial charge in [0.05, 0.1) is 6.61 Å². The molecule has 7 heteroatoms. The zero-order valence-corrected chi connectivity index (χ0v) is 15.7. The Morgan fingerprint density at radius 1 is 1.22 bits per heavy atom. The summed E-state index contributed by atoms with van der Waals surface area (Å²) < 4.78 is 5.06. The first-order valence-electron chi connectivity index (χ1n) is 9.53. The van der Waals surface area contributed by atoms with Crippen LogP contribution in [0.1, 0.15) is 25.3 Å². The van der Waals surface area contributed by atoms with E-state index in [1.165, 1.54) is 5.56 Å². The number of hydrogen-bond acceptors (Lipinski definition) is 6. The number of rotatable bonds is 7. The van der Waals surface area contributed by atoms with Gasteiger partial charge in [-0.3, -0.25) is 0 Å². The van der Waals surface area contributed by atoms with Crippen LogP contribution >= 0.6 is 0 Å². The molecular weight excluding hydrogens is 342 g/mol. The highest BCUT2D eigenvalue weighted by atomic mass is 16.6. The molecule has 0 spiro atoms. The van der Waals surface area contributed by atoms with Gasteiger partial charge in [0.2, 0.25) is 5.95 Å². The minimum Gasteiger partial charge on any atom is -0.450 e. The number of nitrogens with one attached hydrogen (secondary N) is 2. The van der Waals surface area contributed by atoms with E-state index in [-0.39, 0.29) is 6.09 Å². The van der Waals surface area contributed by atoms with Crippen molar-refractivity contribution < 1.29 is 9.53 Å². The molecule has 27 heavy (non-hydrogen) atoms. The lowest BCUT2D eigenvalue weighted by molar-refractivity contribution is 0.0983. The first-order valence-corrected chi connectivity index (χ1v) is 9.53. The second-order valence-corrected chi connectivity index (χ2v) is 6.53. The number of likely N-dealkylation sites (tertiary alicyclic amines) is 1. The van der Waals surface area contributed by atoms with Crippen LogP contribution < -0.4 is 10.6 Å². The van der Waals surface area contributed by atoms with Crippen LogP contribution in [0, 0.1) is 0 Å². The summed E-state index contributed by atoms with van der Waals surface area (Å²) in [6.07, 6.45) is 4.21. The van der Waals surface area contributed by atoms with E-state index in [0.717, 1.165) is 31.6 Å². The fourth-order valence-corrected chi connectivity index (χ4v) is 3.12. The normalized spacial score (nSPS) is 14.6. The third-order valence-electron chi connectivity index (χ3n) is 4.57. The molecule has 144 valence electrons. The summed E-state index contributed by atoms with van der Waals surface area (Å²) in [7, 11) is 0. The Kier molecular flexibility index (Phi) is 6.84. The van der Waals surface area contributed by atoms with Crippen molar-refractivity contribution in [1.82, 2.24) is 14.9 Å². The predicted molar refractivity (Wildman–Crippen MR) is 106 cm³/mol. The van der Waals surface area contributed by atoms with Crippen molar-refractivity contribution in [1.29, 1.82) is 0 Å². The third kappa shape index (κ3) is 5.84. The van der Waals surface area contributed by atoms with Gasteiger partial charge in [-0.2, -0.15) is 4.98 Å². The van der Waals surface area contributed by atoms with E-state index in [9.17, 15) is 4.79 Å². The number of carbonyl (C=O) groups is 1. The molecule has 0 aliphatic carbocycles. The highest BCUT2D eigenvalue weighted by Crippen LogP contribution is 2.16. The summed E-state index contributed by atoms with van der Waals surface area (Å²) in [4.78, 5) is 22.4. The van der Waals surface area contributed by atoms with Crippen molar-refractivity contribution >= 4 is 17.9 Å². The van der Waals surface area contributed by atoms with Crippen LogP contribution in [0.3, 0.4) is 0 Å². The largest absolute Gasteiger partial charge is 0.450 e. The Hall–Kier alpha value is -2.83. The highest BCUT2D eigenvalue weighted by molar-refractivity contribution is 5.67. The topological polar surface area (TPSA) is 79.4 Å². The number of nitrogens with zero attached hydrogens (tertiary/aromatic N) is 3. The molecule has 1 aliphatic heterocycles. The van der Waals surface area contributed by atoms with Gasteiger partial charge in [0.15, 0.2) is 0 Å². The van der Waals surface area contributed by atoms with Gasteiger partial charge in [-0.05, 0) is 37.8 Å². The fourth-order valence-electron chi connectivity index (χ4n) is 3.12. The molecule has 0 radical (unpaired) electrons. The van der Waals surface area contributed by atoms with E-state index in [1.807, 2.05) is 31.2 Å². The second kappa shape index (κ2) is 9.75. The maximum absolute atomic E-state index is 11.8. The highest BCUT2D eigenvalue weighted by Gasteiger charge is 2.23. The number of carbonyl (C=O) groups excluding carboxylic acids is 1. The van der Waals surface area contributed by atoms with Gasteiger partial charge in [0.25, 0.3) is 0 Å². The summed E-state index contributed by atoms with van der Waals surface area (Å²) in [5.74, 6) is 1.43. The average Bonchev–Trinajstić information content (AvgIpc) is 2.70. The van der Waals surface area contributed by atoms with E-state index in [0.29, 0.717) is 31.7 Å². The van der Waals surface area contributed by atoms with Crippen molar-refractivity contribution in [2.45, 2.75) is 32.2 Å². The molecule has 1 aromatic carbocycles. The summed E-state index contributed by atoms with van der Waals surface area (Å²) in [5.41, 5.74) is 1.28. The zero-order chi connectivity index (χ0) is 18.9. The number of hydrogen-bond donors (Lipinski definition) is 2. The Labute approximate surface area is 160 Å². The van der Waals surface area contributed by atoms with Crippen molar-refractivity contribution in [3.8, 4) is 0 Å². The van der Waals surface area contributed by atoms with Gasteiger partial charge < -0.3 is 20.3 Å². The van der Waals surface area contributed by atoms with Crippen LogP contribution in [0.15, 0.2) is 42.6 Å².